The number of aromatic nitrogens is 1. The highest BCUT2D eigenvalue weighted by molar-refractivity contribution is 14.0. The molecular weight excluding hydrogens is 423 g/mol. The summed E-state index contributed by atoms with van der Waals surface area (Å²) in [5.74, 6) is 0.815. The van der Waals surface area contributed by atoms with Gasteiger partial charge in [0.2, 0.25) is 0 Å². The monoisotopic (exact) mass is 452 g/mol. The number of nitrogens with zero attached hydrogens (tertiary/aromatic N) is 2. The molecule has 5 nitrogen and oxygen atoms in total. The number of guanidine groups is 1. The molecule has 1 aliphatic rings. The van der Waals surface area contributed by atoms with E-state index >= 15 is 0 Å². The quantitative estimate of drug-likeness (QED) is 0.228. The lowest BCUT2D eigenvalue weighted by molar-refractivity contribution is 0.0468. The van der Waals surface area contributed by atoms with E-state index in [1.165, 1.54) is 43.4 Å². The Labute approximate surface area is 160 Å². The Kier molecular flexibility index (Phi) is 10.8. The van der Waals surface area contributed by atoms with Gasteiger partial charge in [0.15, 0.2) is 5.96 Å². The average Bonchev–Trinajstić information content (AvgIpc) is 2.78. The number of ether oxygens (including phenoxy) is 1. The molecule has 1 fully saturated rings. The maximum atomic E-state index is 5.97. The first-order valence-electron chi connectivity index (χ1n) is 8.25. The molecule has 0 unspecified atom stereocenters. The summed E-state index contributed by atoms with van der Waals surface area (Å²) in [5, 5.41) is 7.70. The smallest absolute Gasteiger partial charge is 0.191 e. The molecule has 2 N–H and O–H groups in total. The molecule has 0 spiro atoms. The first-order chi connectivity index (χ1) is 10.8. The average molecular weight is 452 g/mol. The second-order valence-corrected chi connectivity index (χ2v) is 7.00. The van der Waals surface area contributed by atoms with Crippen LogP contribution in [-0.2, 0) is 11.3 Å². The van der Waals surface area contributed by atoms with E-state index in [0.29, 0.717) is 6.10 Å². The van der Waals surface area contributed by atoms with Crippen LogP contribution in [-0.4, -0.2) is 37.2 Å². The van der Waals surface area contributed by atoms with Gasteiger partial charge in [-0.15, -0.1) is 35.3 Å². The zero-order valence-corrected chi connectivity index (χ0v) is 17.3. The standard InChI is InChI=1S/C16H28N4OS.HI/c1-13-19-11-15(22-13)12-20-16(17-2)18-9-10-21-14-7-5-3-4-6-8-14;/h11,14H,3-10,12H2,1-2H3,(H2,17,18,20);1H. The molecule has 1 saturated carbocycles. The van der Waals surface area contributed by atoms with Crippen LogP contribution in [0.1, 0.15) is 48.4 Å². The second kappa shape index (κ2) is 12.0. The summed E-state index contributed by atoms with van der Waals surface area (Å²) >= 11 is 1.71. The van der Waals surface area contributed by atoms with Crippen molar-refractivity contribution in [3.8, 4) is 0 Å². The van der Waals surface area contributed by atoms with Crippen molar-refractivity contribution in [2.75, 3.05) is 20.2 Å². The van der Waals surface area contributed by atoms with E-state index in [4.69, 9.17) is 4.74 Å². The van der Waals surface area contributed by atoms with Gasteiger partial charge in [0.05, 0.1) is 24.3 Å². The summed E-state index contributed by atoms with van der Waals surface area (Å²) in [7, 11) is 1.79. The number of halogens is 1. The molecule has 1 aromatic rings. The van der Waals surface area contributed by atoms with Crippen LogP contribution in [0.5, 0.6) is 0 Å². The summed E-state index contributed by atoms with van der Waals surface area (Å²) in [6.07, 6.45) is 10.2. The van der Waals surface area contributed by atoms with Gasteiger partial charge in [-0.05, 0) is 19.8 Å². The molecule has 1 aliphatic carbocycles. The molecule has 1 aromatic heterocycles. The van der Waals surface area contributed by atoms with Crippen molar-refractivity contribution < 1.29 is 4.74 Å². The van der Waals surface area contributed by atoms with Crippen molar-refractivity contribution in [1.29, 1.82) is 0 Å². The van der Waals surface area contributed by atoms with Crippen molar-refractivity contribution >= 4 is 41.3 Å². The van der Waals surface area contributed by atoms with E-state index < -0.39 is 0 Å². The van der Waals surface area contributed by atoms with Crippen LogP contribution >= 0.6 is 35.3 Å². The third-order valence-corrected chi connectivity index (χ3v) is 4.79. The number of hydrogen-bond donors (Lipinski definition) is 2. The zero-order valence-electron chi connectivity index (χ0n) is 14.1. The fourth-order valence-electron chi connectivity index (χ4n) is 2.68. The Morgan fingerprint density at radius 2 is 2.04 bits per heavy atom. The fourth-order valence-corrected chi connectivity index (χ4v) is 3.42. The van der Waals surface area contributed by atoms with E-state index in [9.17, 15) is 0 Å². The number of aliphatic imine (C=N–C) groups is 1. The lowest BCUT2D eigenvalue weighted by Crippen LogP contribution is -2.38. The predicted octanol–water partition coefficient (Wildman–Crippen LogP) is 3.47. The van der Waals surface area contributed by atoms with Gasteiger partial charge in [0.1, 0.15) is 0 Å². The topological polar surface area (TPSA) is 58.5 Å². The van der Waals surface area contributed by atoms with Gasteiger partial charge in [-0.3, -0.25) is 4.99 Å². The lowest BCUT2D eigenvalue weighted by Gasteiger charge is -2.16. The molecular formula is C16H29IN4OS. The van der Waals surface area contributed by atoms with Crippen molar-refractivity contribution in [3.05, 3.63) is 16.1 Å². The number of rotatable bonds is 6. The Hall–Kier alpha value is -0.410. The molecule has 1 heterocycles. The van der Waals surface area contributed by atoms with E-state index in [1.54, 1.807) is 18.4 Å². The largest absolute Gasteiger partial charge is 0.376 e. The Morgan fingerprint density at radius 3 is 2.65 bits per heavy atom. The molecule has 132 valence electrons. The summed E-state index contributed by atoms with van der Waals surface area (Å²) in [6, 6.07) is 0. The van der Waals surface area contributed by atoms with E-state index in [2.05, 4.69) is 20.6 Å². The van der Waals surface area contributed by atoms with Crippen LogP contribution in [0, 0.1) is 6.92 Å². The molecule has 0 amide bonds. The van der Waals surface area contributed by atoms with Crippen LogP contribution in [0.15, 0.2) is 11.2 Å². The van der Waals surface area contributed by atoms with Crippen molar-refractivity contribution in [2.45, 2.75) is 58.1 Å². The summed E-state index contributed by atoms with van der Waals surface area (Å²) in [4.78, 5) is 9.70. The predicted molar refractivity (Wildman–Crippen MR) is 108 cm³/mol. The van der Waals surface area contributed by atoms with Crippen LogP contribution < -0.4 is 10.6 Å². The molecule has 0 saturated heterocycles. The van der Waals surface area contributed by atoms with Crippen LogP contribution in [0.3, 0.4) is 0 Å². The van der Waals surface area contributed by atoms with Gasteiger partial charge in [0, 0.05) is 24.7 Å². The maximum Gasteiger partial charge on any atom is 0.191 e. The van der Waals surface area contributed by atoms with Crippen LogP contribution in [0.2, 0.25) is 0 Å². The van der Waals surface area contributed by atoms with Gasteiger partial charge in [-0.2, -0.15) is 0 Å². The molecule has 23 heavy (non-hydrogen) atoms. The van der Waals surface area contributed by atoms with Crippen LogP contribution in [0.25, 0.3) is 0 Å². The van der Waals surface area contributed by atoms with Gasteiger partial charge < -0.3 is 15.4 Å². The first-order valence-corrected chi connectivity index (χ1v) is 9.07. The van der Waals surface area contributed by atoms with Gasteiger partial charge in [-0.1, -0.05) is 25.7 Å². The maximum absolute atomic E-state index is 5.97. The second-order valence-electron chi connectivity index (χ2n) is 5.68. The highest BCUT2D eigenvalue weighted by atomic mass is 127. The van der Waals surface area contributed by atoms with E-state index in [0.717, 1.165) is 30.7 Å². The summed E-state index contributed by atoms with van der Waals surface area (Å²) in [6.45, 7) is 4.31. The Balaban J connectivity index is 0.00000264. The fraction of sp³-hybridized carbons (Fsp3) is 0.750. The number of hydrogen-bond acceptors (Lipinski definition) is 4. The van der Waals surface area contributed by atoms with Gasteiger partial charge >= 0.3 is 0 Å². The highest BCUT2D eigenvalue weighted by Gasteiger charge is 2.12. The number of nitrogens with one attached hydrogen (secondary N) is 2. The molecule has 0 atom stereocenters. The van der Waals surface area contributed by atoms with E-state index in [1.807, 2.05) is 13.1 Å². The van der Waals surface area contributed by atoms with Crippen molar-refractivity contribution in [1.82, 2.24) is 15.6 Å². The molecule has 7 heteroatoms. The third-order valence-electron chi connectivity index (χ3n) is 3.87. The third kappa shape index (κ3) is 8.30. The minimum atomic E-state index is 0. The summed E-state index contributed by atoms with van der Waals surface area (Å²) in [5.41, 5.74) is 0. The number of thiazole rings is 1. The van der Waals surface area contributed by atoms with Gasteiger partial charge in [-0.25, -0.2) is 4.98 Å². The number of aryl methyl sites for hydroxylation is 1. The minimum absolute atomic E-state index is 0. The van der Waals surface area contributed by atoms with Crippen molar-refractivity contribution in [2.24, 2.45) is 4.99 Å². The normalized spacial score (nSPS) is 16.5. The Morgan fingerprint density at radius 1 is 1.30 bits per heavy atom. The van der Waals surface area contributed by atoms with Gasteiger partial charge in [0.25, 0.3) is 0 Å². The first kappa shape index (κ1) is 20.6. The molecule has 0 bridgehead atoms. The highest BCUT2D eigenvalue weighted by Crippen LogP contribution is 2.19. The van der Waals surface area contributed by atoms with Crippen molar-refractivity contribution in [3.63, 3.8) is 0 Å². The SMILES string of the molecule is CN=C(NCCOC1CCCCCC1)NCc1cnc(C)s1.I. The summed E-state index contributed by atoms with van der Waals surface area (Å²) < 4.78 is 5.97. The molecule has 2 rings (SSSR count). The van der Waals surface area contributed by atoms with E-state index in [-0.39, 0.29) is 24.0 Å². The van der Waals surface area contributed by atoms with Crippen LogP contribution in [0.4, 0.5) is 0 Å². The molecule has 0 radical (unpaired) electrons. The molecule has 0 aliphatic heterocycles. The zero-order chi connectivity index (χ0) is 15.6. The Bertz CT molecular complexity index is 459. The molecule has 0 aromatic carbocycles. The lowest BCUT2D eigenvalue weighted by atomic mass is 10.1. The minimum Gasteiger partial charge on any atom is -0.376 e.